The molecular weight excluding hydrogens is 313 g/mol. The van der Waals surface area contributed by atoms with Gasteiger partial charge in [-0.25, -0.2) is 13.1 Å². The largest absolute Gasteiger partial charge is 0.453 e. The molecule has 0 unspecified atom stereocenters. The van der Waals surface area contributed by atoms with Gasteiger partial charge in [-0.3, -0.25) is 0 Å². The number of hydrogen-bond acceptors (Lipinski definition) is 6. The number of nitrogens with one attached hydrogen (secondary N) is 2. The van der Waals surface area contributed by atoms with E-state index in [1.165, 1.54) is 19.2 Å². The van der Waals surface area contributed by atoms with Gasteiger partial charge in [0.2, 0.25) is 10.0 Å². The van der Waals surface area contributed by atoms with Crippen molar-refractivity contribution in [2.45, 2.75) is 6.18 Å². The van der Waals surface area contributed by atoms with Crippen LogP contribution in [0.4, 0.5) is 19.0 Å². The summed E-state index contributed by atoms with van der Waals surface area (Å²) < 4.78 is 63.1. The summed E-state index contributed by atoms with van der Waals surface area (Å²) in [6.07, 6.45) is -4.68. The van der Waals surface area contributed by atoms with Crippen molar-refractivity contribution in [1.29, 1.82) is 0 Å². The van der Waals surface area contributed by atoms with Gasteiger partial charge in [-0.2, -0.15) is 17.7 Å². The van der Waals surface area contributed by atoms with Crippen LogP contribution in [0.25, 0.3) is 5.65 Å². The van der Waals surface area contributed by atoms with Crippen molar-refractivity contribution < 1.29 is 21.6 Å². The number of hydrogen-bond donors (Lipinski definition) is 2. The zero-order valence-electron chi connectivity index (χ0n) is 10.7. The predicted molar refractivity (Wildman–Crippen MR) is 67.1 cm³/mol. The summed E-state index contributed by atoms with van der Waals surface area (Å²) in [5, 5.41) is 12.7. The van der Waals surface area contributed by atoms with Crippen LogP contribution in [0.2, 0.25) is 0 Å². The van der Waals surface area contributed by atoms with E-state index in [0.29, 0.717) is 4.52 Å². The molecule has 2 N–H and O–H groups in total. The Morgan fingerprint density at radius 3 is 2.62 bits per heavy atom. The topological polar surface area (TPSA) is 101 Å². The Labute approximate surface area is 117 Å². The second-order valence-electron chi connectivity index (χ2n) is 3.96. The van der Waals surface area contributed by atoms with Crippen molar-refractivity contribution in [2.75, 3.05) is 24.7 Å². The maximum atomic E-state index is 12.7. The summed E-state index contributed by atoms with van der Waals surface area (Å²) in [7, 11) is -2.13. The van der Waals surface area contributed by atoms with Gasteiger partial charge in [0.25, 0.3) is 5.82 Å². The van der Waals surface area contributed by atoms with Crippen molar-refractivity contribution in [3.05, 3.63) is 18.0 Å². The predicted octanol–water partition coefficient (Wildman–Crippen LogP) is 0.104. The van der Waals surface area contributed by atoms with Gasteiger partial charge in [-0.15, -0.1) is 15.3 Å². The van der Waals surface area contributed by atoms with Crippen LogP contribution in [-0.4, -0.2) is 47.6 Å². The molecule has 0 atom stereocenters. The highest BCUT2D eigenvalue weighted by Gasteiger charge is 2.37. The van der Waals surface area contributed by atoms with Crippen LogP contribution < -0.4 is 10.0 Å². The molecule has 2 heterocycles. The smallest absolute Gasteiger partial charge is 0.368 e. The summed E-state index contributed by atoms with van der Waals surface area (Å²) in [5.41, 5.74) is -0.0595. The average molecular weight is 324 g/mol. The summed E-state index contributed by atoms with van der Waals surface area (Å²) in [6, 6.07) is 2.68. The highest BCUT2D eigenvalue weighted by molar-refractivity contribution is 7.89. The lowest BCUT2D eigenvalue weighted by Crippen LogP contribution is -2.26. The number of fused-ring (bicyclic) bond motifs is 1. The van der Waals surface area contributed by atoms with Crippen LogP contribution in [-0.2, 0) is 16.2 Å². The molecule has 0 amide bonds. The fraction of sp³-hybridized carbons (Fsp3) is 0.444. The molecule has 0 aromatic carbocycles. The van der Waals surface area contributed by atoms with Crippen molar-refractivity contribution in [3.8, 4) is 0 Å². The summed E-state index contributed by atoms with van der Waals surface area (Å²) in [5.74, 6) is -1.40. The third-order valence-corrected chi connectivity index (χ3v) is 3.87. The first kappa shape index (κ1) is 15.4. The van der Waals surface area contributed by atoms with Crippen LogP contribution in [0.1, 0.15) is 5.82 Å². The normalized spacial score (nSPS) is 12.8. The molecule has 0 aliphatic heterocycles. The number of anilines is 1. The van der Waals surface area contributed by atoms with Gasteiger partial charge < -0.3 is 5.32 Å². The molecule has 0 fully saturated rings. The summed E-state index contributed by atoms with van der Waals surface area (Å²) in [4.78, 5) is 0. The van der Waals surface area contributed by atoms with Gasteiger partial charge in [0.1, 0.15) is 5.82 Å². The molecule has 12 heteroatoms. The third kappa shape index (κ3) is 3.58. The molecular formula is C9H11F3N6O2S. The van der Waals surface area contributed by atoms with Crippen LogP contribution >= 0.6 is 0 Å². The van der Waals surface area contributed by atoms with Gasteiger partial charge in [0.05, 0.1) is 5.75 Å². The van der Waals surface area contributed by atoms with Gasteiger partial charge in [-0.1, -0.05) is 0 Å². The molecule has 2 aromatic rings. The van der Waals surface area contributed by atoms with E-state index in [1.807, 2.05) is 0 Å². The lowest BCUT2D eigenvalue weighted by Gasteiger charge is -2.07. The van der Waals surface area contributed by atoms with E-state index < -0.39 is 22.0 Å². The quantitative estimate of drug-likeness (QED) is 0.809. The summed E-state index contributed by atoms with van der Waals surface area (Å²) >= 11 is 0. The van der Waals surface area contributed by atoms with E-state index in [-0.39, 0.29) is 23.8 Å². The van der Waals surface area contributed by atoms with Gasteiger partial charge in [0.15, 0.2) is 5.65 Å². The fourth-order valence-corrected chi connectivity index (χ4v) is 2.05. The number of nitrogens with zero attached hydrogens (tertiary/aromatic N) is 4. The van der Waals surface area contributed by atoms with Crippen LogP contribution in [0, 0.1) is 0 Å². The standard InChI is InChI=1S/C9H11F3N6O2S/c1-13-21(19,20)5-4-14-6-2-3-7-15-16-8(9(10,11)12)18(7)17-6/h2-3,13H,4-5H2,1H3,(H,14,17). The molecule has 0 radical (unpaired) electrons. The van der Waals surface area contributed by atoms with Gasteiger partial charge in [0, 0.05) is 6.54 Å². The van der Waals surface area contributed by atoms with Gasteiger partial charge >= 0.3 is 6.18 Å². The Morgan fingerprint density at radius 2 is 2.00 bits per heavy atom. The van der Waals surface area contributed by atoms with Crippen molar-refractivity contribution in [1.82, 2.24) is 24.5 Å². The minimum atomic E-state index is -4.68. The lowest BCUT2D eigenvalue weighted by atomic mass is 10.5. The molecule has 21 heavy (non-hydrogen) atoms. The fourth-order valence-electron chi connectivity index (χ4n) is 1.48. The first-order chi connectivity index (χ1) is 9.73. The molecule has 2 rings (SSSR count). The lowest BCUT2D eigenvalue weighted by molar-refractivity contribution is -0.146. The first-order valence-electron chi connectivity index (χ1n) is 5.68. The molecule has 0 bridgehead atoms. The molecule has 0 spiro atoms. The Bertz CT molecular complexity index is 742. The van der Waals surface area contributed by atoms with E-state index in [2.05, 4.69) is 25.3 Å². The Balaban J connectivity index is 2.19. The molecule has 0 aliphatic carbocycles. The van der Waals surface area contributed by atoms with Crippen LogP contribution in [0.15, 0.2) is 12.1 Å². The van der Waals surface area contributed by atoms with Gasteiger partial charge in [-0.05, 0) is 19.2 Å². The minimum absolute atomic E-state index is 0.00877. The molecule has 0 saturated carbocycles. The Hall–Kier alpha value is -1.95. The Kier molecular flexibility index (Phi) is 4.00. The average Bonchev–Trinajstić information content (AvgIpc) is 2.81. The van der Waals surface area contributed by atoms with Crippen LogP contribution in [0.3, 0.4) is 0 Å². The summed E-state index contributed by atoms with van der Waals surface area (Å²) in [6.45, 7) is -0.00877. The molecule has 0 aliphatic rings. The van der Waals surface area contributed by atoms with Crippen LogP contribution in [0.5, 0.6) is 0 Å². The van der Waals surface area contributed by atoms with E-state index in [9.17, 15) is 21.6 Å². The number of aromatic nitrogens is 4. The van der Waals surface area contributed by atoms with Crippen molar-refractivity contribution in [3.63, 3.8) is 0 Å². The highest BCUT2D eigenvalue weighted by atomic mass is 32.2. The zero-order chi connectivity index (χ0) is 15.7. The minimum Gasteiger partial charge on any atom is -0.368 e. The molecule has 8 nitrogen and oxygen atoms in total. The van der Waals surface area contributed by atoms with Crippen molar-refractivity contribution in [2.24, 2.45) is 0 Å². The number of halogens is 3. The first-order valence-corrected chi connectivity index (χ1v) is 7.33. The van der Waals surface area contributed by atoms with Crippen molar-refractivity contribution >= 4 is 21.5 Å². The number of alkyl halides is 3. The second-order valence-corrected chi connectivity index (χ2v) is 6.01. The molecule has 2 aromatic heterocycles. The van der Waals surface area contributed by atoms with E-state index in [4.69, 9.17) is 0 Å². The second kappa shape index (κ2) is 5.44. The molecule has 116 valence electrons. The SMILES string of the molecule is CNS(=O)(=O)CCNc1ccc2nnc(C(F)(F)F)n2n1. The Morgan fingerprint density at radius 1 is 1.29 bits per heavy atom. The van der Waals surface area contributed by atoms with E-state index in [0.717, 1.165) is 0 Å². The highest BCUT2D eigenvalue weighted by Crippen LogP contribution is 2.27. The molecule has 0 saturated heterocycles. The zero-order valence-corrected chi connectivity index (χ0v) is 11.5. The van der Waals surface area contributed by atoms with E-state index >= 15 is 0 Å². The third-order valence-electron chi connectivity index (χ3n) is 2.50. The maximum absolute atomic E-state index is 12.7. The maximum Gasteiger partial charge on any atom is 0.453 e. The number of sulfonamides is 1. The monoisotopic (exact) mass is 324 g/mol. The number of rotatable bonds is 5. The van der Waals surface area contributed by atoms with E-state index in [1.54, 1.807) is 0 Å².